The molecular weight excluding hydrogens is 414 g/mol. The van der Waals surface area contributed by atoms with Gasteiger partial charge in [0, 0.05) is 22.9 Å². The molecule has 9 heteroatoms. The summed E-state index contributed by atoms with van der Waals surface area (Å²) < 4.78 is 53.9. The molecule has 6 nitrogen and oxygen atoms in total. The van der Waals surface area contributed by atoms with E-state index in [2.05, 4.69) is 10.0 Å². The molecule has 0 aromatic heterocycles. The molecule has 0 bridgehead atoms. The third-order valence-corrected chi connectivity index (χ3v) is 5.55. The van der Waals surface area contributed by atoms with E-state index in [4.69, 9.17) is 0 Å². The topological polar surface area (TPSA) is 92.3 Å². The van der Waals surface area contributed by atoms with Crippen molar-refractivity contribution in [3.63, 3.8) is 0 Å². The quantitative estimate of drug-likeness (QED) is 0.573. The number of hydrogen-bond acceptors (Lipinski definition) is 4. The summed E-state index contributed by atoms with van der Waals surface area (Å²) in [5.41, 5.74) is 0.560. The largest absolute Gasteiger partial charge is 0.319 e. The molecule has 0 spiro atoms. The summed E-state index contributed by atoms with van der Waals surface area (Å²) in [7, 11) is -3.89. The van der Waals surface area contributed by atoms with E-state index in [0.29, 0.717) is 11.6 Å². The number of carbonyl (C=O) groups is 2. The van der Waals surface area contributed by atoms with Crippen LogP contribution >= 0.6 is 0 Å². The van der Waals surface area contributed by atoms with E-state index in [1.165, 1.54) is 55.5 Å². The van der Waals surface area contributed by atoms with Gasteiger partial charge < -0.3 is 5.32 Å². The van der Waals surface area contributed by atoms with Crippen LogP contribution in [0, 0.1) is 11.6 Å². The highest BCUT2D eigenvalue weighted by atomic mass is 32.2. The van der Waals surface area contributed by atoms with Crippen molar-refractivity contribution in [1.82, 2.24) is 0 Å². The highest BCUT2D eigenvalue weighted by Crippen LogP contribution is 2.19. The van der Waals surface area contributed by atoms with Crippen LogP contribution in [0.4, 0.5) is 20.2 Å². The Bertz CT molecular complexity index is 1210. The maximum atomic E-state index is 13.7. The maximum Gasteiger partial charge on any atom is 0.261 e. The van der Waals surface area contributed by atoms with E-state index < -0.39 is 27.6 Å². The molecule has 154 valence electrons. The van der Waals surface area contributed by atoms with E-state index >= 15 is 0 Å². The van der Waals surface area contributed by atoms with Crippen molar-refractivity contribution in [3.8, 4) is 0 Å². The van der Waals surface area contributed by atoms with E-state index in [0.717, 1.165) is 12.1 Å². The number of benzene rings is 3. The average molecular weight is 430 g/mol. The van der Waals surface area contributed by atoms with Crippen molar-refractivity contribution in [2.75, 3.05) is 10.0 Å². The molecule has 1 amide bonds. The van der Waals surface area contributed by atoms with Crippen LogP contribution < -0.4 is 10.0 Å². The van der Waals surface area contributed by atoms with Crippen molar-refractivity contribution in [1.29, 1.82) is 0 Å². The van der Waals surface area contributed by atoms with E-state index in [-0.39, 0.29) is 27.6 Å². The number of hydrogen-bond donors (Lipinski definition) is 2. The molecule has 0 aliphatic rings. The molecule has 0 heterocycles. The first-order valence-corrected chi connectivity index (χ1v) is 10.1. The number of rotatable bonds is 6. The van der Waals surface area contributed by atoms with Gasteiger partial charge in [-0.05, 0) is 55.5 Å². The average Bonchev–Trinajstić information content (AvgIpc) is 2.70. The van der Waals surface area contributed by atoms with Crippen LogP contribution in [0.25, 0.3) is 0 Å². The normalized spacial score (nSPS) is 11.0. The molecule has 0 radical (unpaired) electrons. The highest BCUT2D eigenvalue weighted by Gasteiger charge is 2.15. The molecule has 0 aliphatic carbocycles. The molecule has 0 saturated heterocycles. The summed E-state index contributed by atoms with van der Waals surface area (Å²) in [4.78, 5) is 23.5. The Morgan fingerprint density at radius 2 is 1.43 bits per heavy atom. The zero-order valence-corrected chi connectivity index (χ0v) is 16.5. The number of Topliss-reactive ketones (excluding diaryl/α,β-unsaturated/α-hetero) is 1. The standard InChI is InChI=1S/C21H16F2N2O4S/c1-13(26)14-4-9-18(10-5-14)30(28,29)25-17-7-2-15(3-8-17)21(27)24-20-11-6-16(22)12-19(20)23/h2-12,25H,1H3,(H,24,27). The lowest BCUT2D eigenvalue weighted by atomic mass is 10.2. The molecule has 2 N–H and O–H groups in total. The van der Waals surface area contributed by atoms with Gasteiger partial charge in [0.25, 0.3) is 15.9 Å². The molecule has 0 atom stereocenters. The van der Waals surface area contributed by atoms with Gasteiger partial charge in [-0.1, -0.05) is 12.1 Å². The van der Waals surface area contributed by atoms with Gasteiger partial charge in [-0.2, -0.15) is 0 Å². The summed E-state index contributed by atoms with van der Waals surface area (Å²) in [5.74, 6) is -2.50. The minimum Gasteiger partial charge on any atom is -0.319 e. The number of ketones is 1. The van der Waals surface area contributed by atoms with Gasteiger partial charge >= 0.3 is 0 Å². The Labute approximate surface area is 171 Å². The van der Waals surface area contributed by atoms with Gasteiger partial charge in [0.1, 0.15) is 11.6 Å². The fourth-order valence-electron chi connectivity index (χ4n) is 2.56. The second kappa shape index (κ2) is 8.42. The Morgan fingerprint density at radius 1 is 0.833 bits per heavy atom. The Hall–Kier alpha value is -3.59. The lowest BCUT2D eigenvalue weighted by Gasteiger charge is -2.10. The molecule has 30 heavy (non-hydrogen) atoms. The van der Waals surface area contributed by atoms with Crippen LogP contribution in [0.5, 0.6) is 0 Å². The van der Waals surface area contributed by atoms with E-state index in [1.54, 1.807) is 0 Å². The highest BCUT2D eigenvalue weighted by molar-refractivity contribution is 7.92. The monoisotopic (exact) mass is 430 g/mol. The Kier molecular flexibility index (Phi) is 5.93. The SMILES string of the molecule is CC(=O)c1ccc(S(=O)(=O)Nc2ccc(C(=O)Nc3ccc(F)cc3F)cc2)cc1. The Balaban J connectivity index is 1.71. The predicted octanol–water partition coefficient (Wildman–Crippen LogP) is 4.22. The number of amides is 1. The van der Waals surface area contributed by atoms with Crippen molar-refractivity contribution >= 4 is 33.1 Å². The third kappa shape index (κ3) is 4.87. The van der Waals surface area contributed by atoms with Crippen LogP contribution in [-0.4, -0.2) is 20.1 Å². The van der Waals surface area contributed by atoms with Gasteiger partial charge in [-0.25, -0.2) is 17.2 Å². The molecule has 3 rings (SSSR count). The smallest absolute Gasteiger partial charge is 0.261 e. The molecule has 0 saturated carbocycles. The lowest BCUT2D eigenvalue weighted by Crippen LogP contribution is -2.15. The second-order valence-electron chi connectivity index (χ2n) is 6.34. The predicted molar refractivity (Wildman–Crippen MR) is 108 cm³/mol. The molecular formula is C21H16F2N2O4S. The molecule has 0 fully saturated rings. The van der Waals surface area contributed by atoms with Gasteiger partial charge in [-0.3, -0.25) is 14.3 Å². The van der Waals surface area contributed by atoms with Crippen LogP contribution in [0.1, 0.15) is 27.6 Å². The molecule has 3 aromatic rings. The van der Waals surface area contributed by atoms with Crippen molar-refractivity contribution in [2.24, 2.45) is 0 Å². The Morgan fingerprint density at radius 3 is 2.00 bits per heavy atom. The minimum atomic E-state index is -3.89. The first-order chi connectivity index (χ1) is 14.2. The van der Waals surface area contributed by atoms with Crippen LogP contribution in [0.3, 0.4) is 0 Å². The molecule has 0 unspecified atom stereocenters. The zero-order valence-electron chi connectivity index (χ0n) is 15.6. The van der Waals surface area contributed by atoms with Gasteiger partial charge in [0.15, 0.2) is 5.78 Å². The number of carbonyl (C=O) groups excluding carboxylic acids is 2. The van der Waals surface area contributed by atoms with Crippen molar-refractivity contribution in [2.45, 2.75) is 11.8 Å². The maximum absolute atomic E-state index is 13.7. The fourth-order valence-corrected chi connectivity index (χ4v) is 3.62. The fraction of sp³-hybridized carbons (Fsp3) is 0.0476. The van der Waals surface area contributed by atoms with Crippen LogP contribution in [0.2, 0.25) is 0 Å². The van der Waals surface area contributed by atoms with Gasteiger partial charge in [0.05, 0.1) is 10.6 Å². The first kappa shape index (κ1) is 21.1. The van der Waals surface area contributed by atoms with E-state index in [9.17, 15) is 26.8 Å². The number of halogens is 2. The van der Waals surface area contributed by atoms with Crippen LogP contribution in [0.15, 0.2) is 71.6 Å². The summed E-state index contributed by atoms with van der Waals surface area (Å²) in [6.45, 7) is 1.38. The van der Waals surface area contributed by atoms with E-state index in [1.807, 2.05) is 0 Å². The number of nitrogens with one attached hydrogen (secondary N) is 2. The lowest BCUT2D eigenvalue weighted by molar-refractivity contribution is 0.101. The first-order valence-electron chi connectivity index (χ1n) is 8.66. The number of anilines is 2. The van der Waals surface area contributed by atoms with Crippen molar-refractivity contribution in [3.05, 3.63) is 89.5 Å². The molecule has 0 aliphatic heterocycles. The zero-order chi connectivity index (χ0) is 21.9. The summed E-state index contributed by atoms with van der Waals surface area (Å²) in [5, 5.41) is 2.31. The van der Waals surface area contributed by atoms with Gasteiger partial charge in [-0.15, -0.1) is 0 Å². The van der Waals surface area contributed by atoms with Crippen molar-refractivity contribution < 1.29 is 26.8 Å². The number of sulfonamides is 1. The molecule has 3 aromatic carbocycles. The minimum absolute atomic E-state index is 0.0268. The van der Waals surface area contributed by atoms with Gasteiger partial charge in [0.2, 0.25) is 0 Å². The van der Waals surface area contributed by atoms with Crippen LogP contribution in [-0.2, 0) is 10.0 Å². The summed E-state index contributed by atoms with van der Waals surface area (Å²) in [6.07, 6.45) is 0. The summed E-state index contributed by atoms with van der Waals surface area (Å²) in [6, 6.07) is 13.7. The third-order valence-electron chi connectivity index (χ3n) is 4.15. The summed E-state index contributed by atoms with van der Waals surface area (Å²) >= 11 is 0. The second-order valence-corrected chi connectivity index (χ2v) is 8.02.